The van der Waals surface area contributed by atoms with E-state index in [1.165, 1.54) is 0 Å². The number of hydrogen-bond donors (Lipinski definition) is 1. The van der Waals surface area contributed by atoms with Gasteiger partial charge in [0.25, 0.3) is 0 Å². The number of nitrogens with zero attached hydrogens (tertiary/aromatic N) is 1. The minimum absolute atomic E-state index is 0.0656. The predicted octanol–water partition coefficient (Wildman–Crippen LogP) is 1.48. The first-order chi connectivity index (χ1) is 7.17. The molecule has 0 saturated heterocycles. The summed E-state index contributed by atoms with van der Waals surface area (Å²) in [6.45, 7) is 5.34. The van der Waals surface area contributed by atoms with Gasteiger partial charge in [0.1, 0.15) is 0 Å². The van der Waals surface area contributed by atoms with E-state index in [1.54, 1.807) is 12.1 Å². The molecule has 0 aliphatic heterocycles. The SMILES string of the molecule is CCC(C)C(Cn1ccc(=O)cc1)NC. The van der Waals surface area contributed by atoms with Gasteiger partial charge in [-0.2, -0.15) is 0 Å². The minimum Gasteiger partial charge on any atom is -0.352 e. The zero-order chi connectivity index (χ0) is 11.3. The Labute approximate surface area is 91.1 Å². The molecule has 0 bridgehead atoms. The van der Waals surface area contributed by atoms with Crippen molar-refractivity contribution in [3.05, 3.63) is 34.7 Å². The van der Waals surface area contributed by atoms with Gasteiger partial charge in [0, 0.05) is 37.1 Å². The van der Waals surface area contributed by atoms with Gasteiger partial charge in [0.2, 0.25) is 0 Å². The molecule has 1 N–H and O–H groups in total. The lowest BCUT2D eigenvalue weighted by Crippen LogP contribution is -2.36. The highest BCUT2D eigenvalue weighted by molar-refractivity contribution is 4.94. The highest BCUT2D eigenvalue weighted by atomic mass is 16.1. The summed E-state index contributed by atoms with van der Waals surface area (Å²) in [5.41, 5.74) is 0.0656. The van der Waals surface area contributed by atoms with Gasteiger partial charge in [-0.1, -0.05) is 20.3 Å². The van der Waals surface area contributed by atoms with Crippen molar-refractivity contribution < 1.29 is 0 Å². The molecule has 0 radical (unpaired) electrons. The molecule has 1 aromatic rings. The number of likely N-dealkylation sites (N-methyl/N-ethyl adjacent to an activating group) is 1. The van der Waals surface area contributed by atoms with Gasteiger partial charge in [-0.15, -0.1) is 0 Å². The second-order valence-corrected chi connectivity index (χ2v) is 4.01. The third kappa shape index (κ3) is 3.51. The maximum Gasteiger partial charge on any atom is 0.181 e. The molecule has 2 atom stereocenters. The van der Waals surface area contributed by atoms with Crippen LogP contribution in [-0.2, 0) is 6.54 Å². The van der Waals surface area contributed by atoms with Crippen molar-refractivity contribution in [1.29, 1.82) is 0 Å². The average Bonchev–Trinajstić information content (AvgIpc) is 2.27. The van der Waals surface area contributed by atoms with Crippen molar-refractivity contribution in [2.24, 2.45) is 5.92 Å². The van der Waals surface area contributed by atoms with Gasteiger partial charge in [-0.3, -0.25) is 4.79 Å². The fourth-order valence-electron chi connectivity index (χ4n) is 1.63. The van der Waals surface area contributed by atoms with E-state index in [0.717, 1.165) is 13.0 Å². The third-order valence-corrected chi connectivity index (χ3v) is 2.97. The van der Waals surface area contributed by atoms with Crippen LogP contribution in [-0.4, -0.2) is 17.7 Å². The maximum atomic E-state index is 10.9. The lowest BCUT2D eigenvalue weighted by molar-refractivity contribution is 0.347. The fourth-order valence-corrected chi connectivity index (χ4v) is 1.63. The van der Waals surface area contributed by atoms with Crippen molar-refractivity contribution >= 4 is 0 Å². The van der Waals surface area contributed by atoms with Crippen LogP contribution in [0.5, 0.6) is 0 Å². The van der Waals surface area contributed by atoms with Crippen LogP contribution < -0.4 is 10.7 Å². The molecule has 3 nitrogen and oxygen atoms in total. The van der Waals surface area contributed by atoms with Crippen molar-refractivity contribution in [2.75, 3.05) is 7.05 Å². The average molecular weight is 208 g/mol. The summed E-state index contributed by atoms with van der Waals surface area (Å²) in [5.74, 6) is 0.634. The van der Waals surface area contributed by atoms with Crippen LogP contribution in [0.4, 0.5) is 0 Å². The molecule has 0 spiro atoms. The van der Waals surface area contributed by atoms with Gasteiger partial charge in [0.05, 0.1) is 0 Å². The zero-order valence-corrected chi connectivity index (χ0v) is 9.73. The molecule has 1 aromatic heterocycles. The number of aromatic nitrogens is 1. The van der Waals surface area contributed by atoms with E-state index in [-0.39, 0.29) is 5.43 Å². The summed E-state index contributed by atoms with van der Waals surface area (Å²) in [7, 11) is 1.99. The van der Waals surface area contributed by atoms with Crippen molar-refractivity contribution in [2.45, 2.75) is 32.9 Å². The van der Waals surface area contributed by atoms with Crippen LogP contribution in [0.15, 0.2) is 29.3 Å². The Bertz CT molecular complexity index is 325. The molecular formula is C12H20N2O. The van der Waals surface area contributed by atoms with Gasteiger partial charge in [-0.05, 0) is 13.0 Å². The minimum atomic E-state index is 0.0656. The molecule has 1 heterocycles. The van der Waals surface area contributed by atoms with E-state index in [4.69, 9.17) is 0 Å². The summed E-state index contributed by atoms with van der Waals surface area (Å²) >= 11 is 0. The third-order valence-electron chi connectivity index (χ3n) is 2.97. The van der Waals surface area contributed by atoms with E-state index >= 15 is 0 Å². The van der Waals surface area contributed by atoms with Crippen molar-refractivity contribution in [3.63, 3.8) is 0 Å². The van der Waals surface area contributed by atoms with Crippen molar-refractivity contribution in [1.82, 2.24) is 9.88 Å². The smallest absolute Gasteiger partial charge is 0.181 e. The molecule has 15 heavy (non-hydrogen) atoms. The standard InChI is InChI=1S/C12H20N2O/c1-4-10(2)12(13-3)9-14-7-5-11(15)6-8-14/h5-8,10,12-13H,4,9H2,1-3H3. The van der Waals surface area contributed by atoms with Crippen LogP contribution in [0.3, 0.4) is 0 Å². The van der Waals surface area contributed by atoms with E-state index in [2.05, 4.69) is 23.7 Å². The number of nitrogens with one attached hydrogen (secondary N) is 1. The molecule has 0 aromatic carbocycles. The maximum absolute atomic E-state index is 10.9. The van der Waals surface area contributed by atoms with Gasteiger partial charge >= 0.3 is 0 Å². The normalized spacial score (nSPS) is 14.9. The monoisotopic (exact) mass is 208 g/mol. The Kier molecular flexibility index (Phi) is 4.56. The first kappa shape index (κ1) is 12.0. The fraction of sp³-hybridized carbons (Fsp3) is 0.583. The van der Waals surface area contributed by atoms with Gasteiger partial charge < -0.3 is 9.88 Å². The topological polar surface area (TPSA) is 34.0 Å². The predicted molar refractivity (Wildman–Crippen MR) is 63.0 cm³/mol. The molecule has 0 aliphatic rings. The molecule has 0 fully saturated rings. The molecule has 0 saturated carbocycles. The van der Waals surface area contributed by atoms with Gasteiger partial charge in [-0.25, -0.2) is 0 Å². The highest BCUT2D eigenvalue weighted by Gasteiger charge is 2.13. The molecule has 1 rings (SSSR count). The number of pyridine rings is 1. The second-order valence-electron chi connectivity index (χ2n) is 4.01. The van der Waals surface area contributed by atoms with E-state index in [0.29, 0.717) is 12.0 Å². The van der Waals surface area contributed by atoms with E-state index < -0.39 is 0 Å². The quantitative estimate of drug-likeness (QED) is 0.795. The molecule has 0 amide bonds. The van der Waals surface area contributed by atoms with Crippen LogP contribution in [0.25, 0.3) is 0 Å². The van der Waals surface area contributed by atoms with E-state index in [9.17, 15) is 4.79 Å². The number of hydrogen-bond acceptors (Lipinski definition) is 2. The zero-order valence-electron chi connectivity index (χ0n) is 9.73. The highest BCUT2D eigenvalue weighted by Crippen LogP contribution is 2.08. The lowest BCUT2D eigenvalue weighted by Gasteiger charge is -2.23. The Morgan fingerprint density at radius 2 is 2.00 bits per heavy atom. The molecule has 0 aliphatic carbocycles. The lowest BCUT2D eigenvalue weighted by atomic mass is 9.99. The van der Waals surface area contributed by atoms with E-state index in [1.807, 2.05) is 19.4 Å². The largest absolute Gasteiger partial charge is 0.352 e. The Morgan fingerprint density at radius 3 is 2.47 bits per heavy atom. The first-order valence-electron chi connectivity index (χ1n) is 5.50. The molecule has 84 valence electrons. The summed E-state index contributed by atoms with van der Waals surface area (Å²) < 4.78 is 2.05. The first-order valence-corrected chi connectivity index (χ1v) is 5.50. The number of rotatable bonds is 5. The Balaban J connectivity index is 2.66. The van der Waals surface area contributed by atoms with Crippen LogP contribution in [0.1, 0.15) is 20.3 Å². The molecular weight excluding hydrogens is 188 g/mol. The van der Waals surface area contributed by atoms with Gasteiger partial charge in [0.15, 0.2) is 5.43 Å². The van der Waals surface area contributed by atoms with Crippen molar-refractivity contribution in [3.8, 4) is 0 Å². The van der Waals surface area contributed by atoms with Crippen LogP contribution in [0.2, 0.25) is 0 Å². The summed E-state index contributed by atoms with van der Waals surface area (Å²) in [6.07, 6.45) is 4.84. The Hall–Kier alpha value is -1.09. The molecule has 3 heteroatoms. The summed E-state index contributed by atoms with van der Waals surface area (Å²) in [6, 6.07) is 3.66. The summed E-state index contributed by atoms with van der Waals surface area (Å²) in [4.78, 5) is 10.9. The molecule has 2 unspecified atom stereocenters. The second kappa shape index (κ2) is 5.71. The van der Waals surface area contributed by atoms with Crippen LogP contribution in [0, 0.1) is 5.92 Å². The van der Waals surface area contributed by atoms with Crippen LogP contribution >= 0.6 is 0 Å². The Morgan fingerprint density at radius 1 is 1.40 bits per heavy atom. The summed E-state index contributed by atoms with van der Waals surface area (Å²) in [5, 5.41) is 3.32.